The van der Waals surface area contributed by atoms with Crippen LogP contribution in [0.4, 0.5) is 0 Å². The summed E-state index contributed by atoms with van der Waals surface area (Å²) in [6, 6.07) is 7.60. The Kier molecular flexibility index (Phi) is 4.30. The topological polar surface area (TPSA) is 51.2 Å². The van der Waals surface area contributed by atoms with Crippen molar-refractivity contribution >= 4 is 17.2 Å². The normalized spacial score (nSPS) is 9.95. The fraction of sp³-hybridized carbons (Fsp3) is 0.143. The van der Waals surface area contributed by atoms with Crippen LogP contribution < -0.4 is 10.1 Å². The number of hydrogen-bond donors (Lipinski definition) is 1. The van der Waals surface area contributed by atoms with Crippen molar-refractivity contribution in [2.45, 2.75) is 0 Å². The van der Waals surface area contributed by atoms with Gasteiger partial charge in [-0.05, 0) is 12.1 Å². The smallest absolute Gasteiger partial charge is 0.271 e. The summed E-state index contributed by atoms with van der Waals surface area (Å²) in [7, 11) is 1.62. The number of benzene rings is 1. The Balaban J connectivity index is 2.25. The van der Waals surface area contributed by atoms with Crippen LogP contribution in [0.25, 0.3) is 10.6 Å². The standard InChI is InChI=1S/C14H14N2O2S/c1-3-8-15-13(17)11-9-19-14(16-11)10-6-4-5-7-12(10)18-2/h3-7,9H,1,8H2,2H3,(H,15,17). The molecule has 0 saturated carbocycles. The predicted octanol–water partition coefficient (Wildman–Crippen LogP) is 2.73. The number of methoxy groups -OCH3 is 1. The van der Waals surface area contributed by atoms with Crippen molar-refractivity contribution in [1.29, 1.82) is 0 Å². The van der Waals surface area contributed by atoms with Crippen LogP contribution in [0.2, 0.25) is 0 Å². The van der Waals surface area contributed by atoms with Gasteiger partial charge in [0.15, 0.2) is 0 Å². The van der Waals surface area contributed by atoms with Gasteiger partial charge in [-0.15, -0.1) is 17.9 Å². The molecule has 98 valence electrons. The van der Waals surface area contributed by atoms with E-state index in [1.54, 1.807) is 18.6 Å². The lowest BCUT2D eigenvalue weighted by Gasteiger charge is -2.04. The van der Waals surface area contributed by atoms with Crippen molar-refractivity contribution in [1.82, 2.24) is 10.3 Å². The minimum atomic E-state index is -0.197. The number of para-hydroxylation sites is 1. The van der Waals surface area contributed by atoms with Crippen LogP contribution in [0.5, 0.6) is 5.75 Å². The van der Waals surface area contributed by atoms with Crippen LogP contribution in [-0.2, 0) is 0 Å². The molecule has 1 aromatic heterocycles. The lowest BCUT2D eigenvalue weighted by Crippen LogP contribution is -2.23. The molecule has 0 radical (unpaired) electrons. The lowest BCUT2D eigenvalue weighted by molar-refractivity contribution is 0.0954. The minimum Gasteiger partial charge on any atom is -0.496 e. The van der Waals surface area contributed by atoms with Crippen molar-refractivity contribution in [2.75, 3.05) is 13.7 Å². The maximum Gasteiger partial charge on any atom is 0.271 e. The fourth-order valence-corrected chi connectivity index (χ4v) is 2.41. The monoisotopic (exact) mass is 274 g/mol. The number of nitrogens with one attached hydrogen (secondary N) is 1. The van der Waals surface area contributed by atoms with Gasteiger partial charge in [0.25, 0.3) is 5.91 Å². The van der Waals surface area contributed by atoms with Gasteiger partial charge in [0.1, 0.15) is 16.5 Å². The molecule has 0 saturated heterocycles. The van der Waals surface area contributed by atoms with E-state index >= 15 is 0 Å². The van der Waals surface area contributed by atoms with Crippen LogP contribution in [0.15, 0.2) is 42.3 Å². The van der Waals surface area contributed by atoms with Gasteiger partial charge in [-0.2, -0.15) is 0 Å². The van der Waals surface area contributed by atoms with Crippen LogP contribution in [0.3, 0.4) is 0 Å². The van der Waals surface area contributed by atoms with E-state index in [1.165, 1.54) is 11.3 Å². The van der Waals surface area contributed by atoms with E-state index in [2.05, 4.69) is 16.9 Å². The van der Waals surface area contributed by atoms with Crippen molar-refractivity contribution in [2.24, 2.45) is 0 Å². The maximum absolute atomic E-state index is 11.8. The summed E-state index contributed by atoms with van der Waals surface area (Å²) in [6.45, 7) is 3.98. The predicted molar refractivity (Wildman–Crippen MR) is 76.6 cm³/mol. The Hall–Kier alpha value is -2.14. The highest BCUT2D eigenvalue weighted by Crippen LogP contribution is 2.31. The van der Waals surface area contributed by atoms with E-state index in [-0.39, 0.29) is 5.91 Å². The molecular formula is C14H14N2O2S. The number of nitrogens with zero attached hydrogens (tertiary/aromatic N) is 1. The number of thiazole rings is 1. The third kappa shape index (κ3) is 3.00. The Morgan fingerprint density at radius 3 is 3.05 bits per heavy atom. The summed E-state index contributed by atoms with van der Waals surface area (Å²) in [5, 5.41) is 5.20. The van der Waals surface area contributed by atoms with Crippen LogP contribution >= 0.6 is 11.3 Å². The summed E-state index contributed by atoms with van der Waals surface area (Å²) in [4.78, 5) is 16.1. The number of rotatable bonds is 5. The Bertz CT molecular complexity index is 593. The molecule has 2 rings (SSSR count). The average Bonchev–Trinajstić information content (AvgIpc) is 2.94. The first kappa shape index (κ1) is 13.3. The zero-order valence-electron chi connectivity index (χ0n) is 10.6. The molecule has 0 aliphatic heterocycles. The molecule has 1 aromatic carbocycles. The van der Waals surface area contributed by atoms with E-state index in [4.69, 9.17) is 4.74 Å². The molecule has 0 aliphatic carbocycles. The van der Waals surface area contributed by atoms with Crippen LogP contribution in [0.1, 0.15) is 10.5 Å². The van der Waals surface area contributed by atoms with E-state index in [0.29, 0.717) is 12.2 Å². The van der Waals surface area contributed by atoms with E-state index < -0.39 is 0 Å². The minimum absolute atomic E-state index is 0.197. The van der Waals surface area contributed by atoms with Gasteiger partial charge in [0, 0.05) is 11.9 Å². The van der Waals surface area contributed by atoms with Gasteiger partial charge in [-0.25, -0.2) is 4.98 Å². The van der Waals surface area contributed by atoms with Crippen molar-refractivity contribution in [3.8, 4) is 16.3 Å². The Morgan fingerprint density at radius 1 is 1.53 bits per heavy atom. The van der Waals surface area contributed by atoms with Crippen molar-refractivity contribution < 1.29 is 9.53 Å². The van der Waals surface area contributed by atoms with Crippen molar-refractivity contribution in [3.05, 3.63) is 48.0 Å². The second-order valence-corrected chi connectivity index (χ2v) is 4.59. The number of amides is 1. The molecule has 1 amide bonds. The molecule has 1 heterocycles. The highest BCUT2D eigenvalue weighted by molar-refractivity contribution is 7.13. The number of ether oxygens (including phenoxy) is 1. The first-order valence-corrected chi connectivity index (χ1v) is 6.62. The molecular weight excluding hydrogens is 260 g/mol. The summed E-state index contributed by atoms with van der Waals surface area (Å²) in [5.74, 6) is 0.548. The summed E-state index contributed by atoms with van der Waals surface area (Å²) >= 11 is 1.42. The third-order valence-electron chi connectivity index (χ3n) is 2.48. The lowest BCUT2D eigenvalue weighted by atomic mass is 10.2. The van der Waals surface area contributed by atoms with Gasteiger partial charge in [-0.3, -0.25) is 4.79 Å². The zero-order chi connectivity index (χ0) is 13.7. The molecule has 0 spiro atoms. The van der Waals surface area contributed by atoms with Crippen molar-refractivity contribution in [3.63, 3.8) is 0 Å². The van der Waals surface area contributed by atoms with Gasteiger partial charge in [0.05, 0.1) is 12.7 Å². The van der Waals surface area contributed by atoms with Crippen LogP contribution in [0, 0.1) is 0 Å². The molecule has 0 bridgehead atoms. The molecule has 0 unspecified atom stereocenters. The van der Waals surface area contributed by atoms with Gasteiger partial charge in [-0.1, -0.05) is 18.2 Å². The van der Waals surface area contributed by atoms with Crippen LogP contribution in [-0.4, -0.2) is 24.5 Å². The molecule has 5 heteroatoms. The van der Waals surface area contributed by atoms with E-state index in [0.717, 1.165) is 16.3 Å². The zero-order valence-corrected chi connectivity index (χ0v) is 11.4. The first-order chi connectivity index (χ1) is 9.26. The molecule has 0 aliphatic rings. The SMILES string of the molecule is C=CCNC(=O)c1csc(-c2ccccc2OC)n1. The number of carbonyl (C=O) groups is 1. The molecule has 1 N–H and O–H groups in total. The quantitative estimate of drug-likeness (QED) is 0.853. The maximum atomic E-state index is 11.8. The van der Waals surface area contributed by atoms with E-state index in [1.807, 2.05) is 24.3 Å². The summed E-state index contributed by atoms with van der Waals surface area (Å²) in [6.07, 6.45) is 1.63. The number of carbonyl (C=O) groups excluding carboxylic acids is 1. The number of aromatic nitrogens is 1. The molecule has 4 nitrogen and oxygen atoms in total. The molecule has 19 heavy (non-hydrogen) atoms. The molecule has 0 atom stereocenters. The van der Waals surface area contributed by atoms with Gasteiger partial charge in [0.2, 0.25) is 0 Å². The Morgan fingerprint density at radius 2 is 2.32 bits per heavy atom. The third-order valence-corrected chi connectivity index (χ3v) is 3.36. The molecule has 0 fully saturated rings. The van der Waals surface area contributed by atoms with Gasteiger partial charge < -0.3 is 10.1 Å². The largest absolute Gasteiger partial charge is 0.496 e. The average molecular weight is 274 g/mol. The number of hydrogen-bond acceptors (Lipinski definition) is 4. The van der Waals surface area contributed by atoms with E-state index in [9.17, 15) is 4.79 Å². The summed E-state index contributed by atoms with van der Waals surface area (Å²) in [5.41, 5.74) is 1.30. The molecule has 2 aromatic rings. The highest BCUT2D eigenvalue weighted by atomic mass is 32.1. The Labute approximate surface area is 115 Å². The fourth-order valence-electron chi connectivity index (χ4n) is 1.58. The first-order valence-electron chi connectivity index (χ1n) is 5.74. The second-order valence-electron chi connectivity index (χ2n) is 3.74. The van der Waals surface area contributed by atoms with Gasteiger partial charge >= 0.3 is 0 Å². The highest BCUT2D eigenvalue weighted by Gasteiger charge is 2.13. The summed E-state index contributed by atoms with van der Waals surface area (Å²) < 4.78 is 5.29. The second kappa shape index (κ2) is 6.15.